The standard InChI is InChI=1S/C13H8Cl2N2/c14-9-5-6-13-16-12(8-17(13)7-9)10-3-1-2-4-11(10)15/h1-8H. The van der Waals surface area contributed by atoms with Crippen LogP contribution in [0.3, 0.4) is 0 Å². The number of nitrogens with zero attached hydrogens (tertiary/aromatic N) is 2. The van der Waals surface area contributed by atoms with Crippen LogP contribution < -0.4 is 0 Å². The average molecular weight is 263 g/mol. The number of pyridine rings is 1. The van der Waals surface area contributed by atoms with Crippen LogP contribution in [0.4, 0.5) is 0 Å². The van der Waals surface area contributed by atoms with Crippen LogP contribution >= 0.6 is 23.2 Å². The topological polar surface area (TPSA) is 17.3 Å². The van der Waals surface area contributed by atoms with Crippen LogP contribution in [0.15, 0.2) is 48.8 Å². The monoisotopic (exact) mass is 262 g/mol. The molecule has 17 heavy (non-hydrogen) atoms. The van der Waals surface area contributed by atoms with E-state index in [0.717, 1.165) is 16.9 Å². The van der Waals surface area contributed by atoms with E-state index in [0.29, 0.717) is 10.0 Å². The average Bonchev–Trinajstić information content (AvgIpc) is 2.72. The van der Waals surface area contributed by atoms with Gasteiger partial charge in [-0.1, -0.05) is 41.4 Å². The molecule has 0 radical (unpaired) electrons. The van der Waals surface area contributed by atoms with Gasteiger partial charge in [-0.05, 0) is 18.2 Å². The summed E-state index contributed by atoms with van der Waals surface area (Å²) in [4.78, 5) is 4.50. The molecule has 0 atom stereocenters. The van der Waals surface area contributed by atoms with Gasteiger partial charge >= 0.3 is 0 Å². The Hall–Kier alpha value is -1.51. The van der Waals surface area contributed by atoms with E-state index in [-0.39, 0.29) is 0 Å². The van der Waals surface area contributed by atoms with Gasteiger partial charge in [-0.2, -0.15) is 0 Å². The van der Waals surface area contributed by atoms with Gasteiger partial charge in [0.1, 0.15) is 5.65 Å². The zero-order valence-corrected chi connectivity index (χ0v) is 10.3. The predicted octanol–water partition coefficient (Wildman–Crippen LogP) is 4.31. The Morgan fingerprint density at radius 1 is 0.941 bits per heavy atom. The van der Waals surface area contributed by atoms with Crippen molar-refractivity contribution in [2.45, 2.75) is 0 Å². The van der Waals surface area contributed by atoms with Crippen molar-refractivity contribution in [1.82, 2.24) is 9.38 Å². The molecule has 84 valence electrons. The SMILES string of the molecule is Clc1ccc2nc(-c3ccccc3Cl)cn2c1. The normalized spacial score (nSPS) is 10.9. The first-order chi connectivity index (χ1) is 8.24. The Kier molecular flexibility index (Phi) is 2.54. The number of aromatic nitrogens is 2. The predicted molar refractivity (Wildman–Crippen MR) is 70.6 cm³/mol. The molecule has 0 N–H and O–H groups in total. The highest BCUT2D eigenvalue weighted by Gasteiger charge is 2.07. The van der Waals surface area contributed by atoms with Crippen LogP contribution in [-0.2, 0) is 0 Å². The second-order valence-corrected chi connectivity index (χ2v) is 4.56. The summed E-state index contributed by atoms with van der Waals surface area (Å²) in [5.74, 6) is 0. The molecule has 0 aliphatic carbocycles. The summed E-state index contributed by atoms with van der Waals surface area (Å²) in [6.07, 6.45) is 3.74. The Morgan fingerprint density at radius 2 is 1.76 bits per heavy atom. The number of imidazole rings is 1. The first kappa shape index (κ1) is 10.6. The summed E-state index contributed by atoms with van der Waals surface area (Å²) in [6.45, 7) is 0. The number of halogens is 2. The smallest absolute Gasteiger partial charge is 0.137 e. The summed E-state index contributed by atoms with van der Waals surface area (Å²) in [7, 11) is 0. The lowest BCUT2D eigenvalue weighted by Crippen LogP contribution is -1.79. The highest BCUT2D eigenvalue weighted by Crippen LogP contribution is 2.27. The molecular formula is C13H8Cl2N2. The number of fused-ring (bicyclic) bond motifs is 1. The van der Waals surface area contributed by atoms with E-state index in [9.17, 15) is 0 Å². The zero-order valence-electron chi connectivity index (χ0n) is 8.77. The van der Waals surface area contributed by atoms with Crippen LogP contribution in [0.2, 0.25) is 10.0 Å². The molecule has 0 bridgehead atoms. The van der Waals surface area contributed by atoms with Crippen molar-refractivity contribution in [1.29, 1.82) is 0 Å². The molecule has 0 amide bonds. The maximum Gasteiger partial charge on any atom is 0.137 e. The molecule has 2 nitrogen and oxygen atoms in total. The molecule has 4 heteroatoms. The summed E-state index contributed by atoms with van der Waals surface area (Å²) >= 11 is 12.1. The Labute approximate surface area is 108 Å². The van der Waals surface area contributed by atoms with Crippen molar-refractivity contribution < 1.29 is 0 Å². The van der Waals surface area contributed by atoms with Crippen LogP contribution in [0.1, 0.15) is 0 Å². The van der Waals surface area contributed by atoms with Gasteiger partial charge in [0.25, 0.3) is 0 Å². The molecule has 3 aromatic rings. The summed E-state index contributed by atoms with van der Waals surface area (Å²) in [5, 5.41) is 1.38. The van der Waals surface area contributed by atoms with E-state index in [1.165, 1.54) is 0 Å². The van der Waals surface area contributed by atoms with E-state index in [1.807, 2.05) is 53.2 Å². The lowest BCUT2D eigenvalue weighted by molar-refractivity contribution is 1.19. The minimum atomic E-state index is 0.681. The molecule has 0 unspecified atom stereocenters. The van der Waals surface area contributed by atoms with E-state index >= 15 is 0 Å². The molecule has 2 heterocycles. The van der Waals surface area contributed by atoms with Crippen molar-refractivity contribution in [3.05, 3.63) is 58.8 Å². The first-order valence-corrected chi connectivity index (χ1v) is 5.89. The fourth-order valence-corrected chi connectivity index (χ4v) is 2.16. The maximum absolute atomic E-state index is 6.14. The Bertz CT molecular complexity index is 689. The van der Waals surface area contributed by atoms with Crippen molar-refractivity contribution in [3.63, 3.8) is 0 Å². The molecule has 0 saturated heterocycles. The van der Waals surface area contributed by atoms with Crippen LogP contribution in [0.25, 0.3) is 16.9 Å². The minimum Gasteiger partial charge on any atom is -0.305 e. The molecule has 0 saturated carbocycles. The highest BCUT2D eigenvalue weighted by atomic mass is 35.5. The third-order valence-electron chi connectivity index (χ3n) is 2.56. The molecule has 3 rings (SSSR count). The summed E-state index contributed by atoms with van der Waals surface area (Å²) in [5.41, 5.74) is 2.62. The van der Waals surface area contributed by atoms with Gasteiger partial charge in [0.2, 0.25) is 0 Å². The Morgan fingerprint density at radius 3 is 2.59 bits per heavy atom. The van der Waals surface area contributed by atoms with E-state index in [4.69, 9.17) is 23.2 Å². The lowest BCUT2D eigenvalue weighted by atomic mass is 10.2. The molecule has 2 aromatic heterocycles. The second kappa shape index (κ2) is 4.06. The first-order valence-electron chi connectivity index (χ1n) is 5.13. The van der Waals surface area contributed by atoms with Crippen molar-refractivity contribution in [3.8, 4) is 11.3 Å². The fourth-order valence-electron chi connectivity index (χ4n) is 1.76. The third kappa shape index (κ3) is 1.90. The van der Waals surface area contributed by atoms with Gasteiger partial charge in [0, 0.05) is 18.0 Å². The molecule has 0 aliphatic heterocycles. The Balaban J connectivity index is 2.22. The zero-order chi connectivity index (χ0) is 11.8. The summed E-state index contributed by atoms with van der Waals surface area (Å²) in [6, 6.07) is 11.3. The van der Waals surface area contributed by atoms with Gasteiger partial charge in [0.15, 0.2) is 0 Å². The molecule has 0 fully saturated rings. The number of hydrogen-bond donors (Lipinski definition) is 0. The van der Waals surface area contributed by atoms with E-state index in [2.05, 4.69) is 4.98 Å². The van der Waals surface area contributed by atoms with Crippen molar-refractivity contribution in [2.75, 3.05) is 0 Å². The largest absolute Gasteiger partial charge is 0.305 e. The molecule has 1 aromatic carbocycles. The summed E-state index contributed by atoms with van der Waals surface area (Å²) < 4.78 is 1.89. The quantitative estimate of drug-likeness (QED) is 0.639. The van der Waals surface area contributed by atoms with Crippen molar-refractivity contribution >= 4 is 28.8 Å². The molecule has 0 aliphatic rings. The van der Waals surface area contributed by atoms with Crippen molar-refractivity contribution in [2.24, 2.45) is 0 Å². The van der Waals surface area contributed by atoms with Gasteiger partial charge in [-0.15, -0.1) is 0 Å². The number of hydrogen-bond acceptors (Lipinski definition) is 1. The van der Waals surface area contributed by atoms with Crippen LogP contribution in [0, 0.1) is 0 Å². The number of rotatable bonds is 1. The van der Waals surface area contributed by atoms with E-state index in [1.54, 1.807) is 0 Å². The van der Waals surface area contributed by atoms with E-state index < -0.39 is 0 Å². The van der Waals surface area contributed by atoms with Gasteiger partial charge < -0.3 is 4.40 Å². The van der Waals surface area contributed by atoms with Gasteiger partial charge in [0.05, 0.1) is 15.7 Å². The number of benzene rings is 1. The maximum atomic E-state index is 6.14. The highest BCUT2D eigenvalue weighted by molar-refractivity contribution is 6.33. The third-order valence-corrected chi connectivity index (χ3v) is 3.12. The van der Waals surface area contributed by atoms with Gasteiger partial charge in [-0.25, -0.2) is 4.98 Å². The minimum absolute atomic E-state index is 0.681. The molecular weight excluding hydrogens is 255 g/mol. The fraction of sp³-hybridized carbons (Fsp3) is 0. The lowest BCUT2D eigenvalue weighted by Gasteiger charge is -1.97. The van der Waals surface area contributed by atoms with Crippen LogP contribution in [0.5, 0.6) is 0 Å². The second-order valence-electron chi connectivity index (χ2n) is 3.72. The van der Waals surface area contributed by atoms with Crippen LogP contribution in [-0.4, -0.2) is 9.38 Å². The van der Waals surface area contributed by atoms with Gasteiger partial charge in [-0.3, -0.25) is 0 Å². The molecule has 0 spiro atoms.